The molecule has 5 heterocycles. The minimum Gasteiger partial charge on any atom is -0.486 e. The van der Waals surface area contributed by atoms with Crippen molar-refractivity contribution in [2.24, 2.45) is 7.05 Å². The summed E-state index contributed by atoms with van der Waals surface area (Å²) in [7, 11) is 1.65. The van der Waals surface area contributed by atoms with Crippen LogP contribution in [-0.4, -0.2) is 38.3 Å². The zero-order chi connectivity index (χ0) is 22.5. The zero-order valence-corrected chi connectivity index (χ0v) is 18.9. The van der Waals surface area contributed by atoms with Crippen molar-refractivity contribution in [1.29, 1.82) is 0 Å². The van der Waals surface area contributed by atoms with Gasteiger partial charge >= 0.3 is 5.97 Å². The van der Waals surface area contributed by atoms with E-state index in [1.807, 2.05) is 35.7 Å². The fourth-order valence-electron chi connectivity index (χ4n) is 3.75. The average Bonchev–Trinajstić information content (AvgIpc) is 3.60. The van der Waals surface area contributed by atoms with Crippen LogP contribution in [0.1, 0.15) is 15.5 Å². The van der Waals surface area contributed by atoms with Crippen molar-refractivity contribution < 1.29 is 19.0 Å². The van der Waals surface area contributed by atoms with Gasteiger partial charge in [0.25, 0.3) is 5.56 Å². The van der Waals surface area contributed by atoms with Crippen molar-refractivity contribution >= 4 is 44.6 Å². The molecule has 0 N–H and O–H groups in total. The molecule has 1 aromatic carbocycles. The molecule has 4 aromatic heterocycles. The number of hydrogen-bond donors (Lipinski definition) is 0. The SMILES string of the molecule is Cn1c(=O)c2sccc2n2c(COC(=O)c3ccc(-c4ccc5c(c4)OCCO5)s3)nnc12. The van der Waals surface area contributed by atoms with Gasteiger partial charge in [-0.25, -0.2) is 4.79 Å². The summed E-state index contributed by atoms with van der Waals surface area (Å²) in [5.41, 5.74) is 1.51. The molecule has 11 heteroatoms. The quantitative estimate of drug-likeness (QED) is 0.363. The molecule has 0 saturated heterocycles. The first-order valence-electron chi connectivity index (χ1n) is 10.1. The Hall–Kier alpha value is -3.70. The van der Waals surface area contributed by atoms with E-state index < -0.39 is 5.97 Å². The van der Waals surface area contributed by atoms with Crippen LogP contribution in [0, 0.1) is 0 Å². The van der Waals surface area contributed by atoms with Gasteiger partial charge in [0.1, 0.15) is 22.8 Å². The molecule has 33 heavy (non-hydrogen) atoms. The molecule has 0 spiro atoms. The molecule has 6 rings (SSSR count). The summed E-state index contributed by atoms with van der Waals surface area (Å²) < 4.78 is 20.5. The van der Waals surface area contributed by atoms with Crippen LogP contribution in [0.4, 0.5) is 0 Å². The highest BCUT2D eigenvalue weighted by atomic mass is 32.1. The molecule has 0 amide bonds. The number of ether oxygens (including phenoxy) is 3. The van der Waals surface area contributed by atoms with Crippen molar-refractivity contribution in [2.45, 2.75) is 6.61 Å². The normalized spacial score (nSPS) is 13.0. The van der Waals surface area contributed by atoms with Gasteiger partial charge in [-0.15, -0.1) is 32.9 Å². The Morgan fingerprint density at radius 3 is 2.85 bits per heavy atom. The Morgan fingerprint density at radius 2 is 1.97 bits per heavy atom. The lowest BCUT2D eigenvalue weighted by Crippen LogP contribution is -2.19. The largest absolute Gasteiger partial charge is 0.486 e. The number of nitrogens with zero attached hydrogens (tertiary/aromatic N) is 4. The lowest BCUT2D eigenvalue weighted by molar-refractivity contribution is 0.0467. The van der Waals surface area contributed by atoms with Crippen molar-refractivity contribution in [3.05, 3.63) is 62.8 Å². The maximum atomic E-state index is 12.7. The second-order valence-electron chi connectivity index (χ2n) is 7.35. The number of fused-ring (bicyclic) bond motifs is 4. The summed E-state index contributed by atoms with van der Waals surface area (Å²) in [4.78, 5) is 26.6. The Bertz CT molecular complexity index is 1600. The predicted octanol–water partition coefficient (Wildman–Crippen LogP) is 3.50. The number of thiophene rings is 2. The highest BCUT2D eigenvalue weighted by molar-refractivity contribution is 7.17. The van der Waals surface area contributed by atoms with Gasteiger partial charge in [0.2, 0.25) is 5.78 Å². The number of hydrogen-bond acceptors (Lipinski definition) is 9. The third kappa shape index (κ3) is 3.28. The van der Waals surface area contributed by atoms with Crippen molar-refractivity contribution in [2.75, 3.05) is 13.2 Å². The Labute approximate surface area is 194 Å². The molecule has 1 aliphatic heterocycles. The standard InChI is InChI=1S/C22H16N4O5S2/c1-25-20(27)19-13(6-9-32-19)26-18(23-24-22(25)26)11-31-21(28)17-5-4-16(33-17)12-2-3-14-15(10-12)30-8-7-29-14/h2-6,9-10H,7-8,11H2,1H3. The second kappa shape index (κ2) is 7.71. The van der Waals surface area contributed by atoms with E-state index in [-0.39, 0.29) is 12.2 Å². The van der Waals surface area contributed by atoms with E-state index >= 15 is 0 Å². The molecular formula is C22H16N4O5S2. The van der Waals surface area contributed by atoms with Crippen LogP contribution in [0.2, 0.25) is 0 Å². The van der Waals surface area contributed by atoms with Gasteiger partial charge in [-0.05, 0) is 47.3 Å². The lowest BCUT2D eigenvalue weighted by atomic mass is 10.1. The van der Waals surface area contributed by atoms with E-state index in [1.54, 1.807) is 17.5 Å². The van der Waals surface area contributed by atoms with E-state index in [1.165, 1.54) is 27.2 Å². The molecule has 0 fully saturated rings. The molecule has 0 radical (unpaired) electrons. The van der Waals surface area contributed by atoms with E-state index in [2.05, 4.69) is 10.2 Å². The first-order valence-corrected chi connectivity index (χ1v) is 11.8. The van der Waals surface area contributed by atoms with Gasteiger partial charge in [-0.1, -0.05) is 0 Å². The first-order chi connectivity index (χ1) is 16.1. The minimum absolute atomic E-state index is 0.0690. The molecular weight excluding hydrogens is 464 g/mol. The van der Waals surface area contributed by atoms with Gasteiger partial charge in [0.05, 0.1) is 5.52 Å². The average molecular weight is 481 g/mol. The van der Waals surface area contributed by atoms with E-state index in [0.29, 0.717) is 45.7 Å². The summed E-state index contributed by atoms with van der Waals surface area (Å²) in [6.45, 7) is 0.985. The van der Waals surface area contributed by atoms with Gasteiger partial charge < -0.3 is 14.2 Å². The number of aromatic nitrogens is 4. The summed E-state index contributed by atoms with van der Waals surface area (Å²) in [6, 6.07) is 11.2. The zero-order valence-electron chi connectivity index (χ0n) is 17.3. The smallest absolute Gasteiger partial charge is 0.348 e. The first kappa shape index (κ1) is 19.9. The summed E-state index contributed by atoms with van der Waals surface area (Å²) >= 11 is 2.69. The minimum atomic E-state index is -0.452. The lowest BCUT2D eigenvalue weighted by Gasteiger charge is -2.18. The molecule has 166 valence electrons. The summed E-state index contributed by atoms with van der Waals surface area (Å²) in [5, 5.41) is 10.1. The van der Waals surface area contributed by atoms with E-state index in [9.17, 15) is 9.59 Å². The molecule has 0 aliphatic carbocycles. The Kier molecular flexibility index (Phi) is 4.66. The van der Waals surface area contributed by atoms with E-state index in [4.69, 9.17) is 14.2 Å². The maximum absolute atomic E-state index is 12.7. The number of rotatable bonds is 4. The molecule has 1 aliphatic rings. The Morgan fingerprint density at radius 1 is 1.12 bits per heavy atom. The van der Waals surface area contributed by atoms with Crippen LogP contribution < -0.4 is 15.0 Å². The summed E-state index contributed by atoms with van der Waals surface area (Å²) in [5.74, 6) is 1.81. The monoisotopic (exact) mass is 480 g/mol. The van der Waals surface area contributed by atoms with Crippen LogP contribution in [-0.2, 0) is 18.4 Å². The van der Waals surface area contributed by atoms with Crippen molar-refractivity contribution in [3.63, 3.8) is 0 Å². The van der Waals surface area contributed by atoms with Crippen molar-refractivity contribution in [3.8, 4) is 21.9 Å². The molecule has 9 nitrogen and oxygen atoms in total. The third-order valence-electron chi connectivity index (χ3n) is 5.36. The van der Waals surface area contributed by atoms with Crippen LogP contribution in [0.3, 0.4) is 0 Å². The molecule has 0 unspecified atom stereocenters. The topological polar surface area (TPSA) is 97.0 Å². The fraction of sp³-hybridized carbons (Fsp3) is 0.182. The van der Waals surface area contributed by atoms with Crippen molar-refractivity contribution in [1.82, 2.24) is 19.2 Å². The number of aryl methyl sites for hydroxylation is 1. The fourth-order valence-corrected chi connectivity index (χ4v) is 5.49. The molecule has 0 saturated carbocycles. The molecule has 0 atom stereocenters. The number of esters is 1. The second-order valence-corrected chi connectivity index (χ2v) is 9.35. The van der Waals surface area contributed by atoms with Gasteiger partial charge in [-0.3, -0.25) is 13.8 Å². The maximum Gasteiger partial charge on any atom is 0.348 e. The number of benzene rings is 1. The predicted molar refractivity (Wildman–Crippen MR) is 123 cm³/mol. The number of carbonyl (C=O) groups excluding carboxylic acids is 1. The highest BCUT2D eigenvalue weighted by Gasteiger charge is 2.19. The van der Waals surface area contributed by atoms with Gasteiger partial charge in [-0.2, -0.15) is 0 Å². The highest BCUT2D eigenvalue weighted by Crippen LogP contribution is 2.37. The Balaban J connectivity index is 1.24. The van der Waals surface area contributed by atoms with Crippen LogP contribution in [0.15, 0.2) is 46.6 Å². The van der Waals surface area contributed by atoms with Crippen LogP contribution >= 0.6 is 22.7 Å². The van der Waals surface area contributed by atoms with Crippen LogP contribution in [0.25, 0.3) is 26.4 Å². The number of carbonyl (C=O) groups is 1. The van der Waals surface area contributed by atoms with Gasteiger partial charge in [0, 0.05) is 11.9 Å². The summed E-state index contributed by atoms with van der Waals surface area (Å²) in [6.07, 6.45) is 0. The molecule has 0 bridgehead atoms. The third-order valence-corrected chi connectivity index (χ3v) is 7.37. The molecule has 5 aromatic rings. The van der Waals surface area contributed by atoms with E-state index in [0.717, 1.165) is 16.2 Å². The van der Waals surface area contributed by atoms with Gasteiger partial charge in [0.15, 0.2) is 23.9 Å². The van der Waals surface area contributed by atoms with Crippen LogP contribution in [0.5, 0.6) is 11.5 Å².